The molecular formula is C16H20BrN5. The Bertz CT molecular complexity index is 635. The number of hydrogen-bond donors (Lipinski definition) is 1. The second-order valence-corrected chi connectivity index (χ2v) is 6.29. The van der Waals surface area contributed by atoms with Crippen LogP contribution in [0, 0.1) is 0 Å². The third kappa shape index (κ3) is 3.32. The van der Waals surface area contributed by atoms with Crippen molar-refractivity contribution in [3.05, 3.63) is 40.6 Å². The van der Waals surface area contributed by atoms with Crippen LogP contribution in [0.3, 0.4) is 0 Å². The van der Waals surface area contributed by atoms with Crippen LogP contribution in [0.1, 0.15) is 12.7 Å². The van der Waals surface area contributed by atoms with Crippen molar-refractivity contribution < 1.29 is 0 Å². The Labute approximate surface area is 139 Å². The lowest BCUT2D eigenvalue weighted by Gasteiger charge is -2.36. The van der Waals surface area contributed by atoms with Crippen molar-refractivity contribution in [2.24, 2.45) is 0 Å². The quantitative estimate of drug-likeness (QED) is 0.910. The van der Waals surface area contributed by atoms with E-state index in [0.717, 1.165) is 48.7 Å². The number of benzene rings is 1. The molecule has 5 nitrogen and oxygen atoms in total. The second kappa shape index (κ2) is 6.52. The van der Waals surface area contributed by atoms with Gasteiger partial charge in [0.15, 0.2) is 0 Å². The zero-order valence-electron chi connectivity index (χ0n) is 12.7. The van der Waals surface area contributed by atoms with Gasteiger partial charge in [-0.3, -0.25) is 0 Å². The normalized spacial score (nSPS) is 15.2. The van der Waals surface area contributed by atoms with Gasteiger partial charge in [-0.15, -0.1) is 0 Å². The van der Waals surface area contributed by atoms with Crippen molar-refractivity contribution in [2.75, 3.05) is 41.7 Å². The summed E-state index contributed by atoms with van der Waals surface area (Å²) in [5, 5.41) is 0. The molecule has 2 heterocycles. The number of anilines is 3. The summed E-state index contributed by atoms with van der Waals surface area (Å²) in [6.07, 6.45) is 0.802. The van der Waals surface area contributed by atoms with Crippen LogP contribution in [0.25, 0.3) is 0 Å². The highest BCUT2D eigenvalue weighted by molar-refractivity contribution is 9.10. The maximum absolute atomic E-state index is 5.88. The Morgan fingerprint density at radius 2 is 1.68 bits per heavy atom. The number of nitrogens with two attached hydrogens (primary N) is 1. The predicted molar refractivity (Wildman–Crippen MR) is 94.4 cm³/mol. The summed E-state index contributed by atoms with van der Waals surface area (Å²) in [5.41, 5.74) is 7.14. The zero-order valence-corrected chi connectivity index (χ0v) is 14.3. The van der Waals surface area contributed by atoms with E-state index in [9.17, 15) is 0 Å². The zero-order chi connectivity index (χ0) is 15.5. The van der Waals surface area contributed by atoms with Crippen LogP contribution in [0.15, 0.2) is 34.8 Å². The highest BCUT2D eigenvalue weighted by Gasteiger charge is 2.19. The summed E-state index contributed by atoms with van der Waals surface area (Å²) >= 11 is 3.48. The molecule has 1 aromatic heterocycles. The Morgan fingerprint density at radius 3 is 2.32 bits per heavy atom. The maximum Gasteiger partial charge on any atom is 0.134 e. The van der Waals surface area contributed by atoms with Crippen LogP contribution < -0.4 is 15.5 Å². The lowest BCUT2D eigenvalue weighted by molar-refractivity contribution is 0.645. The van der Waals surface area contributed by atoms with Gasteiger partial charge in [-0.25, -0.2) is 9.97 Å². The third-order valence-corrected chi connectivity index (χ3v) is 4.42. The number of piperazine rings is 1. The lowest BCUT2D eigenvalue weighted by atomic mass is 10.2. The summed E-state index contributed by atoms with van der Waals surface area (Å²) in [6.45, 7) is 5.88. The summed E-state index contributed by atoms with van der Waals surface area (Å²) in [5.74, 6) is 2.31. The van der Waals surface area contributed by atoms with Gasteiger partial charge in [0.25, 0.3) is 0 Å². The molecule has 1 saturated heterocycles. The smallest absolute Gasteiger partial charge is 0.134 e. The summed E-state index contributed by atoms with van der Waals surface area (Å²) in [6, 6.07) is 10.3. The van der Waals surface area contributed by atoms with Crippen LogP contribution in [0.5, 0.6) is 0 Å². The van der Waals surface area contributed by atoms with E-state index in [2.05, 4.69) is 60.0 Å². The molecule has 22 heavy (non-hydrogen) atoms. The number of rotatable bonds is 3. The minimum atomic E-state index is 0.553. The van der Waals surface area contributed by atoms with E-state index in [1.807, 2.05) is 13.0 Å². The molecule has 2 aromatic rings. The molecule has 0 radical (unpaired) electrons. The van der Waals surface area contributed by atoms with E-state index >= 15 is 0 Å². The summed E-state index contributed by atoms with van der Waals surface area (Å²) in [4.78, 5) is 13.5. The molecular weight excluding hydrogens is 342 g/mol. The summed E-state index contributed by atoms with van der Waals surface area (Å²) in [7, 11) is 0. The fourth-order valence-electron chi connectivity index (χ4n) is 2.67. The Balaban J connectivity index is 1.69. The van der Waals surface area contributed by atoms with E-state index in [1.165, 1.54) is 5.69 Å². The number of nitrogens with zero attached hydrogens (tertiary/aromatic N) is 4. The molecule has 2 N–H and O–H groups in total. The SMILES string of the molecule is CCc1nc(N)cc(N2CCN(c3ccc(Br)cc3)CC2)n1. The number of halogens is 1. The number of aryl methyl sites for hydroxylation is 1. The molecule has 0 saturated carbocycles. The van der Waals surface area contributed by atoms with Gasteiger partial charge in [-0.1, -0.05) is 22.9 Å². The van der Waals surface area contributed by atoms with Crippen molar-refractivity contribution in [2.45, 2.75) is 13.3 Å². The average molecular weight is 362 g/mol. The minimum absolute atomic E-state index is 0.553. The van der Waals surface area contributed by atoms with Gasteiger partial charge in [0, 0.05) is 48.8 Å². The molecule has 0 atom stereocenters. The molecule has 3 rings (SSSR count). The fraction of sp³-hybridized carbons (Fsp3) is 0.375. The second-order valence-electron chi connectivity index (χ2n) is 5.37. The number of aromatic nitrogens is 2. The van der Waals surface area contributed by atoms with Gasteiger partial charge in [0.1, 0.15) is 17.5 Å². The predicted octanol–water partition coefficient (Wildman–Crippen LogP) is 2.71. The Kier molecular flexibility index (Phi) is 4.47. The van der Waals surface area contributed by atoms with Crippen molar-refractivity contribution >= 4 is 33.3 Å². The molecule has 1 aliphatic heterocycles. The first-order valence-corrected chi connectivity index (χ1v) is 8.34. The minimum Gasteiger partial charge on any atom is -0.384 e. The first-order chi connectivity index (χ1) is 10.7. The van der Waals surface area contributed by atoms with E-state index in [1.54, 1.807) is 0 Å². The van der Waals surface area contributed by atoms with Crippen molar-refractivity contribution in [1.82, 2.24) is 9.97 Å². The van der Waals surface area contributed by atoms with Crippen molar-refractivity contribution in [1.29, 1.82) is 0 Å². The average Bonchev–Trinajstić information content (AvgIpc) is 2.55. The van der Waals surface area contributed by atoms with Crippen LogP contribution in [0.2, 0.25) is 0 Å². The standard InChI is InChI=1S/C16H20BrN5/c1-2-15-19-14(18)11-16(20-15)22-9-7-21(8-10-22)13-5-3-12(17)4-6-13/h3-6,11H,2,7-10H2,1H3,(H2,18,19,20). The van der Waals surface area contributed by atoms with E-state index in [4.69, 9.17) is 5.73 Å². The number of hydrogen-bond acceptors (Lipinski definition) is 5. The molecule has 0 bridgehead atoms. The maximum atomic E-state index is 5.88. The van der Waals surface area contributed by atoms with Crippen LogP contribution in [0.4, 0.5) is 17.3 Å². The first kappa shape index (κ1) is 15.1. The molecule has 0 unspecified atom stereocenters. The monoisotopic (exact) mass is 361 g/mol. The van der Waals surface area contributed by atoms with E-state index in [-0.39, 0.29) is 0 Å². The molecule has 1 aliphatic rings. The van der Waals surface area contributed by atoms with Crippen molar-refractivity contribution in [3.63, 3.8) is 0 Å². The first-order valence-electron chi connectivity index (χ1n) is 7.54. The lowest BCUT2D eigenvalue weighted by Crippen LogP contribution is -2.47. The van der Waals surface area contributed by atoms with E-state index in [0.29, 0.717) is 5.82 Å². The number of nitrogen functional groups attached to an aromatic ring is 1. The fourth-order valence-corrected chi connectivity index (χ4v) is 2.93. The summed E-state index contributed by atoms with van der Waals surface area (Å²) < 4.78 is 1.11. The van der Waals surface area contributed by atoms with Crippen LogP contribution >= 0.6 is 15.9 Å². The molecule has 0 amide bonds. The van der Waals surface area contributed by atoms with Gasteiger partial charge in [-0.2, -0.15) is 0 Å². The highest BCUT2D eigenvalue weighted by atomic mass is 79.9. The highest BCUT2D eigenvalue weighted by Crippen LogP contribution is 2.22. The van der Waals surface area contributed by atoms with Gasteiger partial charge < -0.3 is 15.5 Å². The van der Waals surface area contributed by atoms with Crippen LogP contribution in [-0.4, -0.2) is 36.1 Å². The third-order valence-electron chi connectivity index (χ3n) is 3.89. The van der Waals surface area contributed by atoms with Crippen molar-refractivity contribution in [3.8, 4) is 0 Å². The van der Waals surface area contributed by atoms with Crippen LogP contribution in [-0.2, 0) is 6.42 Å². The van der Waals surface area contributed by atoms with Gasteiger partial charge in [-0.05, 0) is 24.3 Å². The molecule has 116 valence electrons. The molecule has 1 fully saturated rings. The Hall–Kier alpha value is -1.82. The van der Waals surface area contributed by atoms with Gasteiger partial charge >= 0.3 is 0 Å². The molecule has 0 spiro atoms. The largest absolute Gasteiger partial charge is 0.384 e. The topological polar surface area (TPSA) is 58.3 Å². The van der Waals surface area contributed by atoms with E-state index < -0.39 is 0 Å². The molecule has 0 aliphatic carbocycles. The molecule has 6 heteroatoms. The Morgan fingerprint density at radius 1 is 1.05 bits per heavy atom. The molecule has 1 aromatic carbocycles. The van der Waals surface area contributed by atoms with Gasteiger partial charge in [0.2, 0.25) is 0 Å². The van der Waals surface area contributed by atoms with Gasteiger partial charge in [0.05, 0.1) is 0 Å².